The average Bonchev–Trinajstić information content (AvgIpc) is 2.72. The molecule has 0 radical (unpaired) electrons. The number of halogens is 1. The first-order valence-corrected chi connectivity index (χ1v) is 8.63. The molecule has 1 saturated carbocycles. The number of rotatable bonds is 5. The molecule has 5 heteroatoms. The molecular formula is C15H24IN3O. The Kier molecular flexibility index (Phi) is 6.48. The number of anilines is 1. The van der Waals surface area contributed by atoms with Crippen LogP contribution in [0.2, 0.25) is 0 Å². The molecule has 1 aliphatic carbocycles. The third-order valence-corrected chi connectivity index (χ3v) is 4.92. The molecule has 4 nitrogen and oxygen atoms in total. The maximum Gasteiger partial charge on any atom is 0.143 e. The Morgan fingerprint density at radius 1 is 1.20 bits per heavy atom. The number of hydrogen-bond donors (Lipinski definition) is 1. The Hall–Kier alpha value is -0.430. The molecule has 0 saturated heterocycles. The SMILES string of the molecule is CCNc1nc(C2CCCCCC2)nc(COC)c1I. The summed E-state index contributed by atoms with van der Waals surface area (Å²) in [6.45, 7) is 3.53. The van der Waals surface area contributed by atoms with E-state index in [1.807, 2.05) is 0 Å². The molecule has 1 N–H and O–H groups in total. The van der Waals surface area contributed by atoms with Gasteiger partial charge in [-0.25, -0.2) is 9.97 Å². The zero-order chi connectivity index (χ0) is 14.4. The lowest BCUT2D eigenvalue weighted by molar-refractivity contribution is 0.180. The van der Waals surface area contributed by atoms with Crippen LogP contribution in [0.3, 0.4) is 0 Å². The molecule has 0 bridgehead atoms. The number of ether oxygens (including phenoxy) is 1. The second kappa shape index (κ2) is 8.12. The lowest BCUT2D eigenvalue weighted by Gasteiger charge is -2.17. The van der Waals surface area contributed by atoms with Crippen LogP contribution in [0, 0.1) is 3.57 Å². The van der Waals surface area contributed by atoms with Gasteiger partial charge in [0.05, 0.1) is 15.9 Å². The molecule has 1 aliphatic rings. The molecule has 0 spiro atoms. The molecule has 1 fully saturated rings. The molecule has 0 amide bonds. The van der Waals surface area contributed by atoms with Crippen molar-refractivity contribution < 1.29 is 4.74 Å². The van der Waals surface area contributed by atoms with E-state index >= 15 is 0 Å². The molecule has 0 unspecified atom stereocenters. The van der Waals surface area contributed by atoms with Gasteiger partial charge in [0.15, 0.2) is 0 Å². The van der Waals surface area contributed by atoms with E-state index < -0.39 is 0 Å². The number of methoxy groups -OCH3 is 1. The minimum Gasteiger partial charge on any atom is -0.378 e. The molecule has 1 aromatic rings. The molecule has 1 heterocycles. The summed E-state index contributed by atoms with van der Waals surface area (Å²) >= 11 is 2.32. The zero-order valence-electron chi connectivity index (χ0n) is 12.4. The van der Waals surface area contributed by atoms with Gasteiger partial charge in [-0.2, -0.15) is 0 Å². The highest BCUT2D eigenvalue weighted by Crippen LogP contribution is 2.31. The van der Waals surface area contributed by atoms with Crippen LogP contribution in [-0.2, 0) is 11.3 Å². The summed E-state index contributed by atoms with van der Waals surface area (Å²) < 4.78 is 6.37. The van der Waals surface area contributed by atoms with Gasteiger partial charge in [-0.05, 0) is 42.4 Å². The van der Waals surface area contributed by atoms with Gasteiger partial charge in [-0.1, -0.05) is 25.7 Å². The Morgan fingerprint density at radius 2 is 1.90 bits per heavy atom. The van der Waals surface area contributed by atoms with Gasteiger partial charge in [0, 0.05) is 19.6 Å². The third kappa shape index (κ3) is 4.04. The quantitative estimate of drug-likeness (QED) is 0.609. The third-order valence-electron chi connectivity index (χ3n) is 3.78. The Morgan fingerprint density at radius 3 is 2.50 bits per heavy atom. The van der Waals surface area contributed by atoms with E-state index in [1.165, 1.54) is 38.5 Å². The summed E-state index contributed by atoms with van der Waals surface area (Å²) in [5, 5.41) is 3.36. The normalized spacial score (nSPS) is 16.9. The topological polar surface area (TPSA) is 47.0 Å². The van der Waals surface area contributed by atoms with Crippen LogP contribution in [0.4, 0.5) is 5.82 Å². The highest BCUT2D eigenvalue weighted by atomic mass is 127. The first-order valence-electron chi connectivity index (χ1n) is 7.55. The number of hydrogen-bond acceptors (Lipinski definition) is 4. The molecule has 0 aromatic carbocycles. The zero-order valence-corrected chi connectivity index (χ0v) is 14.6. The van der Waals surface area contributed by atoms with E-state index in [-0.39, 0.29) is 0 Å². The summed E-state index contributed by atoms with van der Waals surface area (Å²) in [6, 6.07) is 0. The second-order valence-corrected chi connectivity index (χ2v) is 6.42. The summed E-state index contributed by atoms with van der Waals surface area (Å²) in [4.78, 5) is 9.57. The molecule has 0 atom stereocenters. The predicted molar refractivity (Wildman–Crippen MR) is 90.1 cm³/mol. The minimum absolute atomic E-state index is 0.516. The van der Waals surface area contributed by atoms with Crippen molar-refractivity contribution in [3.63, 3.8) is 0 Å². The van der Waals surface area contributed by atoms with Gasteiger partial charge < -0.3 is 10.1 Å². The minimum atomic E-state index is 0.516. The van der Waals surface area contributed by atoms with Gasteiger partial charge in [-0.15, -0.1) is 0 Å². The Labute approximate surface area is 135 Å². The van der Waals surface area contributed by atoms with Crippen LogP contribution in [-0.4, -0.2) is 23.6 Å². The monoisotopic (exact) mass is 389 g/mol. The van der Waals surface area contributed by atoms with Crippen LogP contribution >= 0.6 is 22.6 Å². The van der Waals surface area contributed by atoms with Crippen molar-refractivity contribution >= 4 is 28.4 Å². The number of aromatic nitrogens is 2. The van der Waals surface area contributed by atoms with E-state index in [1.54, 1.807) is 7.11 Å². The molecule has 2 rings (SSSR count). The van der Waals surface area contributed by atoms with Crippen molar-refractivity contribution in [2.45, 2.75) is 58.0 Å². The fourth-order valence-electron chi connectivity index (χ4n) is 2.75. The van der Waals surface area contributed by atoms with Crippen LogP contribution < -0.4 is 5.32 Å². The van der Waals surface area contributed by atoms with Crippen LogP contribution in [0.25, 0.3) is 0 Å². The maximum atomic E-state index is 5.29. The number of nitrogens with zero attached hydrogens (tertiary/aromatic N) is 2. The van der Waals surface area contributed by atoms with Crippen molar-refractivity contribution in [3.05, 3.63) is 15.1 Å². The van der Waals surface area contributed by atoms with E-state index in [0.29, 0.717) is 12.5 Å². The molecule has 112 valence electrons. The van der Waals surface area contributed by atoms with Gasteiger partial charge in [0.2, 0.25) is 0 Å². The highest BCUT2D eigenvalue weighted by molar-refractivity contribution is 14.1. The van der Waals surface area contributed by atoms with Crippen LogP contribution in [0.1, 0.15) is 62.9 Å². The van der Waals surface area contributed by atoms with Gasteiger partial charge in [0.25, 0.3) is 0 Å². The molecule has 1 aromatic heterocycles. The number of nitrogens with one attached hydrogen (secondary N) is 1. The lowest BCUT2D eigenvalue weighted by atomic mass is 9.99. The second-order valence-electron chi connectivity index (χ2n) is 5.34. The van der Waals surface area contributed by atoms with Crippen LogP contribution in [0.15, 0.2) is 0 Å². The largest absolute Gasteiger partial charge is 0.378 e. The van der Waals surface area contributed by atoms with Gasteiger partial charge >= 0.3 is 0 Å². The first-order chi connectivity index (χ1) is 9.76. The molecule has 20 heavy (non-hydrogen) atoms. The molecular weight excluding hydrogens is 365 g/mol. The van der Waals surface area contributed by atoms with Gasteiger partial charge in [-0.3, -0.25) is 0 Å². The Bertz CT molecular complexity index is 404. The highest BCUT2D eigenvalue weighted by Gasteiger charge is 2.20. The smallest absolute Gasteiger partial charge is 0.143 e. The van der Waals surface area contributed by atoms with Gasteiger partial charge in [0.1, 0.15) is 11.6 Å². The predicted octanol–water partition coefficient (Wildman–Crippen LogP) is 4.10. The van der Waals surface area contributed by atoms with Crippen molar-refractivity contribution in [2.24, 2.45) is 0 Å². The molecule has 0 aliphatic heterocycles. The van der Waals surface area contributed by atoms with E-state index in [9.17, 15) is 0 Å². The lowest BCUT2D eigenvalue weighted by Crippen LogP contribution is -2.13. The van der Waals surface area contributed by atoms with Crippen LogP contribution in [0.5, 0.6) is 0 Å². The Balaban J connectivity index is 2.30. The van der Waals surface area contributed by atoms with Crippen molar-refractivity contribution in [2.75, 3.05) is 19.0 Å². The van der Waals surface area contributed by atoms with Crippen molar-refractivity contribution in [1.82, 2.24) is 9.97 Å². The fraction of sp³-hybridized carbons (Fsp3) is 0.733. The fourth-order valence-corrected chi connectivity index (χ4v) is 3.34. The maximum absolute atomic E-state index is 5.29. The summed E-state index contributed by atoms with van der Waals surface area (Å²) in [6.07, 6.45) is 7.75. The van der Waals surface area contributed by atoms with E-state index in [2.05, 4.69) is 34.8 Å². The first kappa shape index (κ1) is 15.9. The van der Waals surface area contributed by atoms with E-state index in [4.69, 9.17) is 14.7 Å². The standard InChI is InChI=1S/C15H24IN3O/c1-3-17-15-13(16)12(10-20-2)18-14(19-15)11-8-6-4-5-7-9-11/h11H,3-10H2,1-2H3,(H,17,18,19). The average molecular weight is 389 g/mol. The van der Waals surface area contributed by atoms with Crippen molar-refractivity contribution in [3.8, 4) is 0 Å². The van der Waals surface area contributed by atoms with E-state index in [0.717, 1.165) is 27.5 Å². The summed E-state index contributed by atoms with van der Waals surface area (Å²) in [5.41, 5.74) is 1.01. The summed E-state index contributed by atoms with van der Waals surface area (Å²) in [7, 11) is 1.72. The summed E-state index contributed by atoms with van der Waals surface area (Å²) in [5.74, 6) is 2.49. The van der Waals surface area contributed by atoms with Crippen molar-refractivity contribution in [1.29, 1.82) is 0 Å².